The molecule has 0 spiro atoms. The Morgan fingerprint density at radius 3 is 2.45 bits per heavy atom. The standard InChI is InChI=1S/C22H33FN4O2/c1-16-11-17(2)14-27(13-16)22(29)18(3)26-9-7-25(8-10-26)15-21(28)24-20-6-4-5-19(23)12-20/h4-6,12,16-18H,7-11,13-15H2,1-3H3,(H,24,28)/p+2/t16-,17+,18-/m1/s1. The maximum absolute atomic E-state index is 13.2. The second-order valence-electron chi connectivity index (χ2n) is 9.05. The van der Waals surface area contributed by atoms with Gasteiger partial charge in [-0.3, -0.25) is 9.59 Å². The zero-order chi connectivity index (χ0) is 21.0. The Bertz CT molecular complexity index is 711. The fraction of sp³-hybridized carbons (Fsp3) is 0.636. The van der Waals surface area contributed by atoms with E-state index in [-0.39, 0.29) is 23.7 Å². The molecule has 2 amide bonds. The number of anilines is 1. The molecule has 160 valence electrons. The summed E-state index contributed by atoms with van der Waals surface area (Å²) in [6.07, 6.45) is 1.20. The Kier molecular flexibility index (Phi) is 7.24. The van der Waals surface area contributed by atoms with E-state index in [9.17, 15) is 14.0 Å². The van der Waals surface area contributed by atoms with Crippen LogP contribution in [0.1, 0.15) is 27.2 Å². The molecule has 2 fully saturated rings. The van der Waals surface area contributed by atoms with Gasteiger partial charge in [-0.15, -0.1) is 0 Å². The maximum atomic E-state index is 13.2. The van der Waals surface area contributed by atoms with Crippen LogP contribution in [0.4, 0.5) is 10.1 Å². The van der Waals surface area contributed by atoms with Gasteiger partial charge in [0, 0.05) is 18.8 Å². The third-order valence-electron chi connectivity index (χ3n) is 6.28. The van der Waals surface area contributed by atoms with Gasteiger partial charge in [-0.2, -0.15) is 0 Å². The van der Waals surface area contributed by atoms with Crippen molar-refractivity contribution in [2.45, 2.75) is 33.2 Å². The zero-order valence-corrected chi connectivity index (χ0v) is 17.8. The summed E-state index contributed by atoms with van der Waals surface area (Å²) in [7, 11) is 0. The Hall–Kier alpha value is -1.99. The summed E-state index contributed by atoms with van der Waals surface area (Å²) in [5.74, 6) is 0.953. The van der Waals surface area contributed by atoms with Gasteiger partial charge in [0.05, 0.1) is 0 Å². The Labute approximate surface area is 173 Å². The largest absolute Gasteiger partial charge is 0.337 e. The molecule has 0 radical (unpaired) electrons. The lowest BCUT2D eigenvalue weighted by Gasteiger charge is -2.38. The molecule has 1 aromatic rings. The highest BCUT2D eigenvalue weighted by Gasteiger charge is 2.36. The number of amides is 2. The van der Waals surface area contributed by atoms with Gasteiger partial charge in [-0.1, -0.05) is 19.9 Å². The van der Waals surface area contributed by atoms with Gasteiger partial charge in [0.2, 0.25) is 0 Å². The molecule has 3 N–H and O–H groups in total. The predicted octanol–water partition coefficient (Wildman–Crippen LogP) is -0.559. The van der Waals surface area contributed by atoms with E-state index < -0.39 is 0 Å². The molecular formula is C22H35FN4O2+2. The minimum Gasteiger partial charge on any atom is -0.337 e. The average molecular weight is 407 g/mol. The molecule has 6 nitrogen and oxygen atoms in total. The molecule has 0 saturated carbocycles. The molecule has 3 rings (SSSR count). The zero-order valence-electron chi connectivity index (χ0n) is 17.8. The number of hydrogen-bond acceptors (Lipinski definition) is 2. The lowest BCUT2D eigenvalue weighted by atomic mass is 9.91. The van der Waals surface area contributed by atoms with Crippen molar-refractivity contribution in [2.24, 2.45) is 11.8 Å². The first-order valence-corrected chi connectivity index (χ1v) is 10.8. The Morgan fingerprint density at radius 1 is 1.17 bits per heavy atom. The highest BCUT2D eigenvalue weighted by molar-refractivity contribution is 5.91. The summed E-state index contributed by atoms with van der Waals surface area (Å²) in [6.45, 7) is 12.1. The Balaban J connectivity index is 1.44. The molecule has 29 heavy (non-hydrogen) atoms. The molecule has 2 aliphatic rings. The Morgan fingerprint density at radius 2 is 1.83 bits per heavy atom. The first-order chi connectivity index (χ1) is 13.8. The van der Waals surface area contributed by atoms with E-state index >= 15 is 0 Å². The summed E-state index contributed by atoms with van der Waals surface area (Å²) in [5.41, 5.74) is 0.489. The minimum atomic E-state index is -0.358. The van der Waals surface area contributed by atoms with Crippen LogP contribution in [0.2, 0.25) is 0 Å². The molecule has 1 aromatic carbocycles. The number of carbonyl (C=O) groups is 2. The number of piperazine rings is 1. The van der Waals surface area contributed by atoms with E-state index in [1.54, 1.807) is 12.1 Å². The molecular weight excluding hydrogens is 371 g/mol. The first-order valence-electron chi connectivity index (χ1n) is 10.8. The van der Waals surface area contributed by atoms with Gasteiger partial charge >= 0.3 is 0 Å². The molecule has 2 heterocycles. The minimum absolute atomic E-state index is 0.0322. The summed E-state index contributed by atoms with van der Waals surface area (Å²) in [6, 6.07) is 5.92. The van der Waals surface area contributed by atoms with E-state index in [1.165, 1.54) is 28.4 Å². The number of rotatable bonds is 5. The van der Waals surface area contributed by atoms with Crippen molar-refractivity contribution in [3.05, 3.63) is 30.1 Å². The smallest absolute Gasteiger partial charge is 0.280 e. The van der Waals surface area contributed by atoms with Crippen LogP contribution in [0.5, 0.6) is 0 Å². The molecule has 0 bridgehead atoms. The van der Waals surface area contributed by atoms with Crippen LogP contribution < -0.4 is 15.1 Å². The van der Waals surface area contributed by atoms with Crippen LogP contribution in [-0.4, -0.2) is 68.6 Å². The molecule has 7 heteroatoms. The molecule has 0 aromatic heterocycles. The lowest BCUT2D eigenvalue weighted by molar-refractivity contribution is -1.01. The fourth-order valence-corrected chi connectivity index (χ4v) is 4.82. The monoisotopic (exact) mass is 406 g/mol. The fourth-order valence-electron chi connectivity index (χ4n) is 4.82. The number of likely N-dealkylation sites (tertiary alicyclic amines) is 1. The van der Waals surface area contributed by atoms with Crippen molar-refractivity contribution in [1.82, 2.24) is 4.90 Å². The number of quaternary nitrogens is 2. The number of piperidine rings is 1. The third-order valence-corrected chi connectivity index (χ3v) is 6.28. The average Bonchev–Trinajstić information content (AvgIpc) is 2.66. The lowest BCUT2D eigenvalue weighted by Crippen LogP contribution is -3.30. The van der Waals surface area contributed by atoms with Gasteiger partial charge < -0.3 is 20.0 Å². The predicted molar refractivity (Wildman–Crippen MR) is 110 cm³/mol. The number of nitrogens with zero attached hydrogens (tertiary/aromatic N) is 1. The van der Waals surface area contributed by atoms with Crippen molar-refractivity contribution >= 4 is 17.5 Å². The van der Waals surface area contributed by atoms with Gasteiger partial charge in [-0.25, -0.2) is 4.39 Å². The number of hydrogen-bond donors (Lipinski definition) is 3. The second-order valence-corrected chi connectivity index (χ2v) is 9.05. The molecule has 2 saturated heterocycles. The number of benzene rings is 1. The van der Waals surface area contributed by atoms with Gasteiger partial charge in [-0.05, 0) is 43.4 Å². The van der Waals surface area contributed by atoms with E-state index in [1.807, 2.05) is 6.92 Å². The first kappa shape index (κ1) is 21.7. The highest BCUT2D eigenvalue weighted by Crippen LogP contribution is 2.21. The van der Waals surface area contributed by atoms with E-state index in [2.05, 4.69) is 24.1 Å². The van der Waals surface area contributed by atoms with E-state index in [4.69, 9.17) is 0 Å². The van der Waals surface area contributed by atoms with Crippen molar-refractivity contribution in [1.29, 1.82) is 0 Å². The number of nitrogens with one attached hydrogen (secondary N) is 3. The third kappa shape index (κ3) is 6.00. The highest BCUT2D eigenvalue weighted by atomic mass is 19.1. The summed E-state index contributed by atoms with van der Waals surface area (Å²) in [5, 5.41) is 2.77. The van der Waals surface area contributed by atoms with Crippen LogP contribution >= 0.6 is 0 Å². The van der Waals surface area contributed by atoms with Crippen LogP contribution in [-0.2, 0) is 9.59 Å². The number of carbonyl (C=O) groups excluding carboxylic acids is 2. The van der Waals surface area contributed by atoms with Crippen molar-refractivity contribution in [3.8, 4) is 0 Å². The van der Waals surface area contributed by atoms with Gasteiger partial charge in [0.25, 0.3) is 11.8 Å². The molecule has 0 aliphatic carbocycles. The molecule has 3 atom stereocenters. The van der Waals surface area contributed by atoms with E-state index in [0.29, 0.717) is 24.1 Å². The van der Waals surface area contributed by atoms with Gasteiger partial charge in [0.1, 0.15) is 32.0 Å². The maximum Gasteiger partial charge on any atom is 0.280 e. The van der Waals surface area contributed by atoms with Crippen LogP contribution in [0.15, 0.2) is 24.3 Å². The van der Waals surface area contributed by atoms with Crippen molar-refractivity contribution in [2.75, 3.05) is 51.1 Å². The van der Waals surface area contributed by atoms with Crippen molar-refractivity contribution < 1.29 is 23.8 Å². The normalized spacial score (nSPS) is 28.6. The van der Waals surface area contributed by atoms with Crippen LogP contribution in [0, 0.1) is 17.7 Å². The van der Waals surface area contributed by atoms with E-state index in [0.717, 1.165) is 39.3 Å². The van der Waals surface area contributed by atoms with Crippen molar-refractivity contribution in [3.63, 3.8) is 0 Å². The molecule has 0 unspecified atom stereocenters. The number of halogens is 1. The van der Waals surface area contributed by atoms with Crippen LogP contribution in [0.25, 0.3) is 0 Å². The summed E-state index contributed by atoms with van der Waals surface area (Å²) < 4.78 is 13.2. The second kappa shape index (κ2) is 9.67. The van der Waals surface area contributed by atoms with Crippen LogP contribution in [0.3, 0.4) is 0 Å². The SMILES string of the molecule is C[C@@H]1C[C@H](C)CN(C(=O)[C@@H](C)[NH+]2CC[NH+](CC(=O)Nc3cccc(F)c3)CC2)C1. The van der Waals surface area contributed by atoms with Gasteiger partial charge in [0.15, 0.2) is 12.6 Å². The molecule has 2 aliphatic heterocycles. The summed E-state index contributed by atoms with van der Waals surface area (Å²) in [4.78, 5) is 29.8. The topological polar surface area (TPSA) is 58.3 Å². The summed E-state index contributed by atoms with van der Waals surface area (Å²) >= 11 is 0. The quantitative estimate of drug-likeness (QED) is 0.614.